The number of aryl methyl sites for hydroxylation is 1. The largest absolute Gasteiger partial charge is 0.308 e. The summed E-state index contributed by atoms with van der Waals surface area (Å²) in [5.74, 6) is 0. The molecule has 2 nitrogen and oxygen atoms in total. The lowest BCUT2D eigenvalue weighted by Crippen LogP contribution is -2.12. The highest BCUT2D eigenvalue weighted by Gasteiger charge is 2.01. The minimum absolute atomic E-state index is 0.852. The molecule has 0 unspecified atom stereocenters. The standard InChI is InChI=1S/C16H16N2S/c1-12-6-7-15(19-12)11-18-10-14-9-17-8-13-4-2-3-5-16(13)14/h2-9,18H,10-11H2,1H3. The van der Waals surface area contributed by atoms with Gasteiger partial charge in [0.25, 0.3) is 0 Å². The van der Waals surface area contributed by atoms with Crippen molar-refractivity contribution in [3.05, 3.63) is 64.1 Å². The van der Waals surface area contributed by atoms with Gasteiger partial charge in [-0.25, -0.2) is 0 Å². The molecule has 1 N–H and O–H groups in total. The molecule has 0 spiro atoms. The lowest BCUT2D eigenvalue weighted by molar-refractivity contribution is 0.702. The van der Waals surface area contributed by atoms with E-state index in [0.717, 1.165) is 13.1 Å². The van der Waals surface area contributed by atoms with Gasteiger partial charge >= 0.3 is 0 Å². The molecule has 0 amide bonds. The number of benzene rings is 1. The van der Waals surface area contributed by atoms with Crippen LogP contribution in [0.15, 0.2) is 48.8 Å². The van der Waals surface area contributed by atoms with Crippen LogP contribution in [0.3, 0.4) is 0 Å². The monoisotopic (exact) mass is 268 g/mol. The van der Waals surface area contributed by atoms with Crippen molar-refractivity contribution in [2.45, 2.75) is 20.0 Å². The Bertz CT molecular complexity index is 683. The van der Waals surface area contributed by atoms with Gasteiger partial charge in [-0.2, -0.15) is 0 Å². The molecule has 0 saturated carbocycles. The van der Waals surface area contributed by atoms with Crippen molar-refractivity contribution in [1.29, 1.82) is 0 Å². The summed E-state index contributed by atoms with van der Waals surface area (Å²) in [5.41, 5.74) is 1.26. The average molecular weight is 268 g/mol. The first-order valence-corrected chi connectivity index (χ1v) is 7.22. The highest BCUT2D eigenvalue weighted by Crippen LogP contribution is 2.18. The minimum Gasteiger partial charge on any atom is -0.308 e. The number of fused-ring (bicyclic) bond motifs is 1. The van der Waals surface area contributed by atoms with Crippen molar-refractivity contribution in [2.24, 2.45) is 0 Å². The van der Waals surface area contributed by atoms with E-state index in [0.29, 0.717) is 0 Å². The summed E-state index contributed by atoms with van der Waals surface area (Å²) in [6.45, 7) is 3.91. The second kappa shape index (κ2) is 5.51. The van der Waals surface area contributed by atoms with Gasteiger partial charge in [0.2, 0.25) is 0 Å². The summed E-state index contributed by atoms with van der Waals surface area (Å²) in [6, 6.07) is 12.7. The van der Waals surface area contributed by atoms with Crippen LogP contribution in [0.25, 0.3) is 10.8 Å². The maximum Gasteiger partial charge on any atom is 0.0346 e. The SMILES string of the molecule is Cc1ccc(CNCc2cncc3ccccc23)s1. The molecule has 0 aliphatic rings. The molecule has 19 heavy (non-hydrogen) atoms. The van der Waals surface area contributed by atoms with Gasteiger partial charge in [0, 0.05) is 40.6 Å². The highest BCUT2D eigenvalue weighted by atomic mass is 32.1. The Hall–Kier alpha value is -1.71. The number of hydrogen-bond donors (Lipinski definition) is 1. The normalized spacial score (nSPS) is 11.0. The molecule has 3 rings (SSSR count). The van der Waals surface area contributed by atoms with E-state index in [1.807, 2.05) is 23.7 Å². The summed E-state index contributed by atoms with van der Waals surface area (Å²) in [4.78, 5) is 7.05. The lowest BCUT2D eigenvalue weighted by atomic mass is 10.1. The third kappa shape index (κ3) is 2.83. The lowest BCUT2D eigenvalue weighted by Gasteiger charge is -2.06. The number of pyridine rings is 1. The van der Waals surface area contributed by atoms with Crippen molar-refractivity contribution in [3.8, 4) is 0 Å². The number of nitrogens with zero attached hydrogens (tertiary/aromatic N) is 1. The number of nitrogens with one attached hydrogen (secondary N) is 1. The van der Waals surface area contributed by atoms with Crippen molar-refractivity contribution in [2.75, 3.05) is 0 Å². The first-order valence-electron chi connectivity index (χ1n) is 6.40. The molecule has 1 aromatic carbocycles. The molecule has 0 bridgehead atoms. The first kappa shape index (κ1) is 12.3. The van der Waals surface area contributed by atoms with Crippen LogP contribution in [0.2, 0.25) is 0 Å². The molecule has 3 heteroatoms. The summed E-state index contributed by atoms with van der Waals surface area (Å²) in [6.07, 6.45) is 3.87. The van der Waals surface area contributed by atoms with Crippen molar-refractivity contribution >= 4 is 22.1 Å². The predicted octanol–water partition coefficient (Wildman–Crippen LogP) is 3.89. The number of rotatable bonds is 4. The smallest absolute Gasteiger partial charge is 0.0346 e. The zero-order valence-corrected chi connectivity index (χ0v) is 11.7. The summed E-state index contributed by atoms with van der Waals surface area (Å²) in [5, 5.41) is 5.98. The van der Waals surface area contributed by atoms with Crippen LogP contribution in [0, 0.1) is 6.92 Å². The van der Waals surface area contributed by atoms with E-state index < -0.39 is 0 Å². The van der Waals surface area contributed by atoms with Gasteiger partial charge in [-0.1, -0.05) is 24.3 Å². The Morgan fingerprint density at radius 1 is 1.05 bits per heavy atom. The van der Waals surface area contributed by atoms with Crippen molar-refractivity contribution in [1.82, 2.24) is 10.3 Å². The minimum atomic E-state index is 0.852. The van der Waals surface area contributed by atoms with Crippen molar-refractivity contribution in [3.63, 3.8) is 0 Å². The van der Waals surface area contributed by atoms with Gasteiger partial charge in [0.05, 0.1) is 0 Å². The maximum absolute atomic E-state index is 4.31. The van der Waals surface area contributed by atoms with Crippen LogP contribution in [0.4, 0.5) is 0 Å². The second-order valence-corrected chi connectivity index (χ2v) is 6.01. The Labute approximate surface area is 117 Å². The molecule has 3 aromatic rings. The Balaban J connectivity index is 1.71. The molecule has 0 atom stereocenters. The van der Waals surface area contributed by atoms with E-state index in [4.69, 9.17) is 0 Å². The molecular weight excluding hydrogens is 252 g/mol. The van der Waals surface area contributed by atoms with Gasteiger partial charge in [0.15, 0.2) is 0 Å². The number of aromatic nitrogens is 1. The molecule has 0 aliphatic heterocycles. The quantitative estimate of drug-likeness (QED) is 0.776. The molecule has 96 valence electrons. The van der Waals surface area contributed by atoms with Gasteiger partial charge in [-0.3, -0.25) is 4.98 Å². The van der Waals surface area contributed by atoms with Crippen LogP contribution in [0.1, 0.15) is 15.3 Å². The van der Waals surface area contributed by atoms with E-state index in [9.17, 15) is 0 Å². The third-order valence-electron chi connectivity index (χ3n) is 3.16. The molecule has 0 radical (unpaired) electrons. The van der Waals surface area contributed by atoms with E-state index >= 15 is 0 Å². The van der Waals surface area contributed by atoms with Crippen LogP contribution >= 0.6 is 11.3 Å². The second-order valence-electron chi connectivity index (χ2n) is 4.64. The molecule has 0 fully saturated rings. The van der Waals surface area contributed by atoms with Gasteiger partial charge in [-0.15, -0.1) is 11.3 Å². The van der Waals surface area contributed by atoms with E-state index in [2.05, 4.69) is 53.6 Å². The van der Waals surface area contributed by atoms with Crippen molar-refractivity contribution < 1.29 is 0 Å². The topological polar surface area (TPSA) is 24.9 Å². The van der Waals surface area contributed by atoms with Crippen LogP contribution in [-0.2, 0) is 13.1 Å². The van der Waals surface area contributed by atoms with Crippen LogP contribution in [0.5, 0.6) is 0 Å². The zero-order chi connectivity index (χ0) is 13.1. The van der Waals surface area contributed by atoms with Crippen LogP contribution < -0.4 is 5.32 Å². The zero-order valence-electron chi connectivity index (χ0n) is 10.9. The molecular formula is C16H16N2S. The molecule has 0 aliphatic carbocycles. The van der Waals surface area contributed by atoms with E-state index in [-0.39, 0.29) is 0 Å². The van der Waals surface area contributed by atoms with Gasteiger partial charge in [0.1, 0.15) is 0 Å². The van der Waals surface area contributed by atoms with Gasteiger partial charge in [-0.05, 0) is 30.0 Å². The average Bonchev–Trinajstić information content (AvgIpc) is 2.85. The molecule has 0 saturated heterocycles. The third-order valence-corrected chi connectivity index (χ3v) is 4.16. The highest BCUT2D eigenvalue weighted by molar-refractivity contribution is 7.11. The number of thiophene rings is 1. The summed E-state index contributed by atoms with van der Waals surface area (Å²) in [7, 11) is 0. The van der Waals surface area contributed by atoms with Crippen LogP contribution in [-0.4, -0.2) is 4.98 Å². The Kier molecular flexibility index (Phi) is 3.58. The Morgan fingerprint density at radius 2 is 1.95 bits per heavy atom. The molecule has 2 aromatic heterocycles. The molecule has 2 heterocycles. The van der Waals surface area contributed by atoms with E-state index in [1.165, 1.54) is 26.1 Å². The van der Waals surface area contributed by atoms with Gasteiger partial charge < -0.3 is 5.32 Å². The fraction of sp³-hybridized carbons (Fsp3) is 0.188. The summed E-state index contributed by atoms with van der Waals surface area (Å²) < 4.78 is 0. The van der Waals surface area contributed by atoms with E-state index in [1.54, 1.807) is 0 Å². The number of hydrogen-bond acceptors (Lipinski definition) is 3. The fourth-order valence-corrected chi connectivity index (χ4v) is 3.08. The predicted molar refractivity (Wildman–Crippen MR) is 81.3 cm³/mol. The fourth-order valence-electron chi connectivity index (χ4n) is 2.22. The first-order chi connectivity index (χ1) is 9.33. The summed E-state index contributed by atoms with van der Waals surface area (Å²) >= 11 is 1.85. The maximum atomic E-state index is 4.31. The Morgan fingerprint density at radius 3 is 2.79 bits per heavy atom.